The van der Waals surface area contributed by atoms with Gasteiger partial charge in [0.15, 0.2) is 0 Å². The van der Waals surface area contributed by atoms with E-state index in [0.29, 0.717) is 5.56 Å². The third-order valence-corrected chi connectivity index (χ3v) is 10.9. The van der Waals surface area contributed by atoms with E-state index in [1.807, 2.05) is 12.1 Å². The van der Waals surface area contributed by atoms with Crippen molar-refractivity contribution >= 4 is 60.7 Å². The van der Waals surface area contributed by atoms with Crippen LogP contribution in [0.1, 0.15) is 5.56 Å². The fraction of sp³-hybridized carbons (Fsp3) is 0. The Bertz CT molecular complexity index is 3140. The number of para-hydroxylation sites is 6. The quantitative estimate of drug-likeness (QED) is 0.183. The van der Waals surface area contributed by atoms with Gasteiger partial charge < -0.3 is 14.0 Å². The lowest BCUT2D eigenvalue weighted by Gasteiger charge is -2.31. The van der Waals surface area contributed by atoms with E-state index >= 15 is 0 Å². The van der Waals surface area contributed by atoms with Gasteiger partial charge in [-0.1, -0.05) is 109 Å². The number of fused-ring (bicyclic) bond motifs is 12. The van der Waals surface area contributed by atoms with Crippen LogP contribution >= 0.6 is 0 Å². The molecule has 4 nitrogen and oxygen atoms in total. The molecule has 0 saturated carbocycles. The van der Waals surface area contributed by atoms with Crippen molar-refractivity contribution in [1.82, 2.24) is 9.13 Å². The van der Waals surface area contributed by atoms with Crippen LogP contribution in [-0.2, 0) is 0 Å². The molecule has 1 aliphatic rings. The zero-order valence-electron chi connectivity index (χ0n) is 28.6. The molecule has 0 N–H and O–H groups in total. The molecule has 0 unspecified atom stereocenters. The van der Waals surface area contributed by atoms with Crippen molar-refractivity contribution in [3.63, 3.8) is 0 Å². The van der Waals surface area contributed by atoms with Gasteiger partial charge in [-0.15, -0.1) is 0 Å². The highest BCUT2D eigenvalue weighted by molar-refractivity contribution is 6.17. The van der Waals surface area contributed by atoms with Gasteiger partial charge in [0, 0.05) is 44.0 Å². The van der Waals surface area contributed by atoms with Gasteiger partial charge >= 0.3 is 0 Å². The second-order valence-electron chi connectivity index (χ2n) is 13.7. The highest BCUT2D eigenvalue weighted by Crippen LogP contribution is 2.50. The van der Waals surface area contributed by atoms with Crippen molar-refractivity contribution in [3.8, 4) is 39.7 Å². The average Bonchev–Trinajstić information content (AvgIpc) is 3.74. The van der Waals surface area contributed by atoms with E-state index in [9.17, 15) is 5.26 Å². The summed E-state index contributed by atoms with van der Waals surface area (Å²) < 4.78 is 4.81. The Balaban J connectivity index is 1.29. The lowest BCUT2D eigenvalue weighted by atomic mass is 9.91. The van der Waals surface area contributed by atoms with Gasteiger partial charge in [-0.05, 0) is 83.9 Å². The molecule has 0 fully saturated rings. The van der Waals surface area contributed by atoms with E-state index in [-0.39, 0.29) is 0 Å². The van der Waals surface area contributed by atoms with E-state index < -0.39 is 0 Å². The van der Waals surface area contributed by atoms with Crippen molar-refractivity contribution in [3.05, 3.63) is 188 Å². The summed E-state index contributed by atoms with van der Waals surface area (Å²) in [5, 5.41) is 14.3. The van der Waals surface area contributed by atoms with E-state index in [2.05, 4.69) is 190 Å². The number of hydrogen-bond donors (Lipinski definition) is 0. The Morgan fingerprint density at radius 3 is 1.77 bits per heavy atom. The minimum absolute atomic E-state index is 0.662. The van der Waals surface area contributed by atoms with Crippen molar-refractivity contribution < 1.29 is 0 Å². The van der Waals surface area contributed by atoms with Gasteiger partial charge in [0.2, 0.25) is 0 Å². The molecule has 4 heteroatoms. The standard InChI is InChI=1S/C49H30N4/c50-31-32-25-27-45-41(29-32)38-18-7-9-22-44(38)52(45)34-26-28-46-42(30-34)40-20-12-19-39-36-16-5-4-15-35(36)37-17-6-8-21-43(37)51(33-13-2-1-3-14-33)47-23-10-11-24-48(47)53(46)49(39)40/h1-30H. The summed E-state index contributed by atoms with van der Waals surface area (Å²) in [5.74, 6) is 0. The first-order chi connectivity index (χ1) is 26.3. The molecule has 11 rings (SSSR count). The third-order valence-electron chi connectivity index (χ3n) is 10.9. The molecule has 3 heterocycles. The van der Waals surface area contributed by atoms with E-state index in [0.717, 1.165) is 55.8 Å². The predicted octanol–water partition coefficient (Wildman–Crippen LogP) is 12.9. The number of benzene rings is 8. The second kappa shape index (κ2) is 11.3. The highest BCUT2D eigenvalue weighted by atomic mass is 15.2. The van der Waals surface area contributed by atoms with Crippen molar-refractivity contribution in [2.45, 2.75) is 0 Å². The van der Waals surface area contributed by atoms with Crippen LogP contribution in [0.5, 0.6) is 0 Å². The molecule has 0 atom stereocenters. The zero-order chi connectivity index (χ0) is 35.0. The number of aromatic nitrogens is 2. The fourth-order valence-electron chi connectivity index (χ4n) is 8.66. The highest BCUT2D eigenvalue weighted by Gasteiger charge is 2.27. The lowest BCUT2D eigenvalue weighted by Crippen LogP contribution is -2.14. The molecule has 2 aromatic heterocycles. The van der Waals surface area contributed by atoms with Crippen molar-refractivity contribution in [2.75, 3.05) is 4.90 Å². The number of rotatable bonds is 2. The van der Waals surface area contributed by atoms with Gasteiger partial charge in [0.25, 0.3) is 0 Å². The SMILES string of the molecule is N#Cc1ccc2c(c1)c1ccccc1n2-c1ccc2c(c1)c1cccc3c1n2-c1ccccc1N(c1ccccc1)c1ccccc1-c1ccccc1-3. The number of nitrogens with zero attached hydrogens (tertiary/aromatic N) is 4. The number of hydrogen-bond acceptors (Lipinski definition) is 2. The monoisotopic (exact) mass is 674 g/mol. The van der Waals surface area contributed by atoms with Crippen LogP contribution in [0.2, 0.25) is 0 Å². The minimum atomic E-state index is 0.662. The first kappa shape index (κ1) is 29.4. The molecule has 8 aromatic carbocycles. The topological polar surface area (TPSA) is 36.9 Å². The molecular formula is C49H30N4. The van der Waals surface area contributed by atoms with Crippen LogP contribution in [-0.4, -0.2) is 9.13 Å². The average molecular weight is 675 g/mol. The predicted molar refractivity (Wildman–Crippen MR) is 219 cm³/mol. The van der Waals surface area contributed by atoms with Crippen LogP contribution in [0.3, 0.4) is 0 Å². The lowest BCUT2D eigenvalue weighted by molar-refractivity contribution is 1.14. The number of nitriles is 1. The van der Waals surface area contributed by atoms with Gasteiger partial charge in [-0.25, -0.2) is 0 Å². The normalized spacial score (nSPS) is 12.1. The summed E-state index contributed by atoms with van der Waals surface area (Å²) in [6.07, 6.45) is 0. The summed E-state index contributed by atoms with van der Waals surface area (Å²) in [6, 6.07) is 67.5. The Kier molecular flexibility index (Phi) is 6.28. The summed E-state index contributed by atoms with van der Waals surface area (Å²) in [7, 11) is 0. The van der Waals surface area contributed by atoms with Gasteiger partial charge in [-0.2, -0.15) is 5.26 Å². The van der Waals surface area contributed by atoms with Crippen LogP contribution in [0.25, 0.3) is 77.2 Å². The van der Waals surface area contributed by atoms with E-state index in [1.54, 1.807) is 0 Å². The molecular weight excluding hydrogens is 645 g/mol. The van der Waals surface area contributed by atoms with Gasteiger partial charge in [0.05, 0.1) is 50.8 Å². The molecule has 53 heavy (non-hydrogen) atoms. The summed E-state index contributed by atoms with van der Waals surface area (Å²) >= 11 is 0. The summed E-state index contributed by atoms with van der Waals surface area (Å²) in [4.78, 5) is 2.41. The fourth-order valence-corrected chi connectivity index (χ4v) is 8.66. The molecule has 0 aliphatic carbocycles. The van der Waals surface area contributed by atoms with E-state index in [4.69, 9.17) is 0 Å². The Morgan fingerprint density at radius 2 is 0.943 bits per heavy atom. The zero-order valence-corrected chi connectivity index (χ0v) is 28.6. The van der Waals surface area contributed by atoms with Gasteiger partial charge in [0.1, 0.15) is 0 Å². The first-order valence-electron chi connectivity index (χ1n) is 17.9. The summed E-state index contributed by atoms with van der Waals surface area (Å²) in [5.41, 5.74) is 15.4. The Labute approximate surface area is 306 Å². The Hall–Kier alpha value is -7.35. The molecule has 0 bridgehead atoms. The maximum Gasteiger partial charge on any atom is 0.0991 e. The minimum Gasteiger partial charge on any atom is -0.309 e. The molecule has 0 spiro atoms. The molecule has 1 aliphatic heterocycles. The smallest absolute Gasteiger partial charge is 0.0991 e. The van der Waals surface area contributed by atoms with Crippen LogP contribution in [0, 0.1) is 11.3 Å². The molecule has 0 saturated heterocycles. The van der Waals surface area contributed by atoms with E-state index in [1.165, 1.54) is 38.5 Å². The second-order valence-corrected chi connectivity index (χ2v) is 13.7. The van der Waals surface area contributed by atoms with Crippen LogP contribution in [0.15, 0.2) is 182 Å². The third kappa shape index (κ3) is 4.22. The molecule has 10 aromatic rings. The molecule has 246 valence electrons. The maximum absolute atomic E-state index is 9.74. The van der Waals surface area contributed by atoms with Crippen molar-refractivity contribution in [2.24, 2.45) is 0 Å². The maximum atomic E-state index is 9.74. The molecule has 0 amide bonds. The number of anilines is 3. The summed E-state index contributed by atoms with van der Waals surface area (Å²) in [6.45, 7) is 0. The first-order valence-corrected chi connectivity index (χ1v) is 17.9. The Morgan fingerprint density at radius 1 is 0.358 bits per heavy atom. The van der Waals surface area contributed by atoms with Crippen LogP contribution < -0.4 is 4.90 Å². The molecule has 0 radical (unpaired) electrons. The van der Waals surface area contributed by atoms with Crippen LogP contribution in [0.4, 0.5) is 17.1 Å². The van der Waals surface area contributed by atoms with Gasteiger partial charge in [-0.3, -0.25) is 0 Å². The largest absolute Gasteiger partial charge is 0.309 e. The van der Waals surface area contributed by atoms with Crippen molar-refractivity contribution in [1.29, 1.82) is 5.26 Å².